The predicted octanol–water partition coefficient (Wildman–Crippen LogP) is 2.06. The minimum Gasteiger partial charge on any atom is -0.481 e. The summed E-state index contributed by atoms with van der Waals surface area (Å²) in [5.41, 5.74) is 0.700. The van der Waals surface area contributed by atoms with Gasteiger partial charge in [0.25, 0.3) is 0 Å². The summed E-state index contributed by atoms with van der Waals surface area (Å²) in [6, 6.07) is 0.167. The van der Waals surface area contributed by atoms with E-state index in [0.29, 0.717) is 5.57 Å². The normalized spacial score (nSPS) is 12.3. The Hall–Kier alpha value is -0.830. The second-order valence-corrected chi connectivity index (χ2v) is 2.43. The van der Waals surface area contributed by atoms with Gasteiger partial charge in [0, 0.05) is 6.21 Å². The average Bonchev–Trinajstić information content (AvgIpc) is 2.00. The Balaban J connectivity index is 4.14. The molecule has 0 spiro atoms. The van der Waals surface area contributed by atoms with Gasteiger partial charge in [-0.2, -0.15) is 0 Å². The summed E-state index contributed by atoms with van der Waals surface area (Å²) < 4.78 is 0. The molecule has 0 aliphatic carbocycles. The van der Waals surface area contributed by atoms with Gasteiger partial charge in [0.15, 0.2) is 0 Å². The monoisotopic (exact) mass is 189 g/mol. The number of rotatable bonds is 5. The van der Waals surface area contributed by atoms with Gasteiger partial charge in [-0.05, 0) is 12.0 Å². The molecule has 0 amide bonds. The van der Waals surface area contributed by atoms with Crippen molar-refractivity contribution < 1.29 is 9.90 Å². The van der Waals surface area contributed by atoms with Crippen molar-refractivity contribution in [3.8, 4) is 0 Å². The van der Waals surface area contributed by atoms with Crippen molar-refractivity contribution in [2.75, 3.05) is 6.00 Å². The molecular formula is C8H12ClNO2. The second-order valence-electron chi connectivity index (χ2n) is 2.19. The number of allylic oxidation sites excluding steroid dienone is 1. The summed E-state index contributed by atoms with van der Waals surface area (Å²) in [6.45, 7) is 1.94. The lowest BCUT2D eigenvalue weighted by molar-refractivity contribution is -0.136. The molecule has 0 bridgehead atoms. The van der Waals surface area contributed by atoms with Crippen LogP contribution in [0.1, 0.15) is 19.8 Å². The van der Waals surface area contributed by atoms with E-state index in [1.54, 1.807) is 0 Å². The molecule has 3 nitrogen and oxygen atoms in total. The first-order chi connectivity index (χ1) is 5.70. The molecule has 0 unspecified atom stereocenters. The molecule has 0 aromatic carbocycles. The molecule has 0 atom stereocenters. The third-order valence-corrected chi connectivity index (χ3v) is 1.29. The van der Waals surface area contributed by atoms with Crippen molar-refractivity contribution in [1.82, 2.24) is 0 Å². The predicted molar refractivity (Wildman–Crippen MR) is 49.8 cm³/mol. The van der Waals surface area contributed by atoms with Gasteiger partial charge in [0.1, 0.15) is 6.00 Å². The fourth-order valence-electron chi connectivity index (χ4n) is 0.759. The van der Waals surface area contributed by atoms with Crippen LogP contribution in [0.25, 0.3) is 0 Å². The van der Waals surface area contributed by atoms with E-state index in [1.807, 2.05) is 13.0 Å². The van der Waals surface area contributed by atoms with Gasteiger partial charge in [-0.1, -0.05) is 13.0 Å². The zero-order valence-corrected chi connectivity index (χ0v) is 7.71. The zero-order chi connectivity index (χ0) is 9.40. The maximum Gasteiger partial charge on any atom is 0.307 e. The van der Waals surface area contributed by atoms with Crippen LogP contribution in [0.4, 0.5) is 0 Å². The maximum atomic E-state index is 10.3. The largest absolute Gasteiger partial charge is 0.481 e. The molecule has 0 fully saturated rings. The Morgan fingerprint density at radius 2 is 2.33 bits per heavy atom. The first-order valence-electron chi connectivity index (χ1n) is 3.67. The second kappa shape index (κ2) is 6.85. The van der Waals surface area contributed by atoms with Crippen molar-refractivity contribution in [3.05, 3.63) is 11.6 Å². The molecule has 4 heteroatoms. The number of carboxylic acid groups (broad SMARTS) is 1. The third-order valence-electron chi connectivity index (χ3n) is 1.15. The summed E-state index contributed by atoms with van der Waals surface area (Å²) in [5, 5.41) is 8.47. The van der Waals surface area contributed by atoms with Crippen molar-refractivity contribution in [2.24, 2.45) is 4.99 Å². The fraction of sp³-hybridized carbons (Fsp3) is 0.500. The van der Waals surface area contributed by atoms with Gasteiger partial charge in [-0.25, -0.2) is 0 Å². The maximum absolute atomic E-state index is 10.3. The molecular weight excluding hydrogens is 178 g/mol. The minimum absolute atomic E-state index is 0.00816. The van der Waals surface area contributed by atoms with E-state index in [4.69, 9.17) is 16.7 Å². The van der Waals surface area contributed by atoms with E-state index in [9.17, 15) is 4.79 Å². The third kappa shape index (κ3) is 5.92. The summed E-state index contributed by atoms with van der Waals surface area (Å²) >= 11 is 5.31. The van der Waals surface area contributed by atoms with Crippen LogP contribution in [0.2, 0.25) is 0 Å². The molecule has 0 heterocycles. The van der Waals surface area contributed by atoms with Crippen LogP contribution in [0, 0.1) is 0 Å². The molecule has 0 saturated carbocycles. The number of aliphatic carboxylic acids is 1. The van der Waals surface area contributed by atoms with Crippen LogP contribution >= 0.6 is 11.6 Å². The summed E-state index contributed by atoms with van der Waals surface area (Å²) in [7, 11) is 0. The van der Waals surface area contributed by atoms with Crippen molar-refractivity contribution in [3.63, 3.8) is 0 Å². The van der Waals surface area contributed by atoms with Gasteiger partial charge >= 0.3 is 5.97 Å². The summed E-state index contributed by atoms with van der Waals surface area (Å²) in [6.07, 6.45) is 4.14. The lowest BCUT2D eigenvalue weighted by Crippen LogP contribution is -1.98. The Morgan fingerprint density at radius 1 is 1.67 bits per heavy atom. The number of nitrogens with zero attached hydrogens (tertiary/aromatic N) is 1. The van der Waals surface area contributed by atoms with Gasteiger partial charge < -0.3 is 5.11 Å². The first kappa shape index (κ1) is 11.2. The van der Waals surface area contributed by atoms with Gasteiger partial charge in [0.2, 0.25) is 0 Å². The topological polar surface area (TPSA) is 49.7 Å². The van der Waals surface area contributed by atoms with E-state index in [2.05, 4.69) is 4.99 Å². The highest BCUT2D eigenvalue weighted by Crippen LogP contribution is 2.00. The van der Waals surface area contributed by atoms with E-state index in [0.717, 1.165) is 6.42 Å². The number of carboxylic acids is 1. The number of carbonyl (C=O) groups is 1. The minimum atomic E-state index is -0.851. The Labute approximate surface area is 76.8 Å². The molecule has 0 aromatic rings. The molecule has 0 aliphatic heterocycles. The number of halogens is 1. The molecule has 0 saturated heterocycles. The van der Waals surface area contributed by atoms with E-state index in [-0.39, 0.29) is 12.4 Å². The van der Waals surface area contributed by atoms with Crippen molar-refractivity contribution >= 4 is 23.8 Å². The standard InChI is InChI=1S/C8H12ClNO2/c1-2-3-7(4-8(11)12)5-10-6-9/h3,5H,2,4,6H2,1H3,(H,11,12)/b7-3-,10-5?. The number of hydrogen-bond acceptors (Lipinski definition) is 2. The molecule has 68 valence electrons. The van der Waals surface area contributed by atoms with Crippen LogP contribution in [0.5, 0.6) is 0 Å². The number of hydrogen-bond donors (Lipinski definition) is 1. The molecule has 1 N–H and O–H groups in total. The van der Waals surface area contributed by atoms with E-state index < -0.39 is 5.97 Å². The molecule has 0 radical (unpaired) electrons. The zero-order valence-electron chi connectivity index (χ0n) is 6.96. The lowest BCUT2D eigenvalue weighted by Gasteiger charge is -1.95. The van der Waals surface area contributed by atoms with Gasteiger partial charge in [-0.3, -0.25) is 9.79 Å². The van der Waals surface area contributed by atoms with Crippen molar-refractivity contribution in [1.29, 1.82) is 0 Å². The van der Waals surface area contributed by atoms with Crippen molar-refractivity contribution in [2.45, 2.75) is 19.8 Å². The first-order valence-corrected chi connectivity index (χ1v) is 4.20. The van der Waals surface area contributed by atoms with E-state index >= 15 is 0 Å². The highest BCUT2D eigenvalue weighted by Gasteiger charge is 1.99. The Bertz CT molecular complexity index is 199. The highest BCUT2D eigenvalue weighted by atomic mass is 35.5. The molecule has 12 heavy (non-hydrogen) atoms. The van der Waals surface area contributed by atoms with Crippen LogP contribution in [0.3, 0.4) is 0 Å². The summed E-state index contributed by atoms with van der Waals surface area (Å²) in [5.74, 6) is -0.851. The van der Waals surface area contributed by atoms with Gasteiger partial charge in [-0.15, -0.1) is 11.6 Å². The average molecular weight is 190 g/mol. The molecule has 0 rings (SSSR count). The number of aliphatic imine (C=N–C) groups is 1. The Kier molecular flexibility index (Phi) is 6.38. The fourth-order valence-corrected chi connectivity index (χ4v) is 0.828. The van der Waals surface area contributed by atoms with Crippen LogP contribution in [-0.4, -0.2) is 23.3 Å². The Morgan fingerprint density at radius 3 is 2.75 bits per heavy atom. The molecule has 0 aliphatic rings. The quantitative estimate of drug-likeness (QED) is 0.409. The number of alkyl halides is 1. The smallest absolute Gasteiger partial charge is 0.307 e. The van der Waals surface area contributed by atoms with Crippen LogP contribution in [-0.2, 0) is 4.79 Å². The molecule has 0 aromatic heterocycles. The van der Waals surface area contributed by atoms with Gasteiger partial charge in [0.05, 0.1) is 6.42 Å². The summed E-state index contributed by atoms with van der Waals surface area (Å²) in [4.78, 5) is 14.1. The van der Waals surface area contributed by atoms with Crippen LogP contribution in [0.15, 0.2) is 16.6 Å². The van der Waals surface area contributed by atoms with E-state index in [1.165, 1.54) is 6.21 Å². The lowest BCUT2D eigenvalue weighted by atomic mass is 10.2. The SMILES string of the molecule is CC/C=C(\C=NCCl)CC(=O)O. The highest BCUT2D eigenvalue weighted by molar-refractivity contribution is 6.18. The van der Waals surface area contributed by atoms with Crippen LogP contribution < -0.4 is 0 Å².